The second-order valence-electron chi connectivity index (χ2n) is 5.51. The van der Waals surface area contributed by atoms with Crippen LogP contribution in [0.4, 0.5) is 11.8 Å². The van der Waals surface area contributed by atoms with Crippen LogP contribution in [-0.4, -0.2) is 16.0 Å². The number of aromatic nitrogens is 2. The average molecular weight is 284 g/mol. The largest absolute Gasteiger partial charge is 0.367 e. The predicted octanol–water partition coefficient (Wildman–Crippen LogP) is 3.92. The van der Waals surface area contributed by atoms with E-state index in [9.17, 15) is 0 Å². The molecule has 0 aliphatic carbocycles. The summed E-state index contributed by atoms with van der Waals surface area (Å²) in [7, 11) is 0. The number of anilines is 2. The van der Waals surface area contributed by atoms with Crippen LogP contribution in [0.25, 0.3) is 0 Å². The number of rotatable bonds is 6. The number of nitrogens with zero attached hydrogens (tertiary/aromatic N) is 2. The molecule has 112 valence electrons. The number of aryl methyl sites for hydroxylation is 2. The Morgan fingerprint density at radius 3 is 2.48 bits per heavy atom. The molecule has 0 amide bonds. The summed E-state index contributed by atoms with van der Waals surface area (Å²) in [6, 6.07) is 10.9. The van der Waals surface area contributed by atoms with Crippen molar-refractivity contribution in [3.63, 3.8) is 0 Å². The molecule has 1 unspecified atom stereocenters. The van der Waals surface area contributed by atoms with Gasteiger partial charge in [-0.05, 0) is 32.8 Å². The average Bonchev–Trinajstić information content (AvgIpc) is 2.46. The van der Waals surface area contributed by atoms with E-state index < -0.39 is 0 Å². The number of hydrogen-bond donors (Lipinski definition) is 2. The Hall–Kier alpha value is -2.10. The maximum atomic E-state index is 4.52. The molecule has 4 nitrogen and oxygen atoms in total. The molecule has 0 fully saturated rings. The summed E-state index contributed by atoms with van der Waals surface area (Å²) in [4.78, 5) is 8.96. The fourth-order valence-electron chi connectivity index (χ4n) is 1.96. The third-order valence-corrected chi connectivity index (χ3v) is 3.43. The summed E-state index contributed by atoms with van der Waals surface area (Å²) in [6.07, 6.45) is 1.06. The van der Waals surface area contributed by atoms with Crippen LogP contribution in [0, 0.1) is 13.8 Å². The van der Waals surface area contributed by atoms with Crippen LogP contribution >= 0.6 is 0 Å². The smallest absolute Gasteiger partial charge is 0.225 e. The molecular weight excluding hydrogens is 260 g/mol. The van der Waals surface area contributed by atoms with Crippen LogP contribution in [0.5, 0.6) is 0 Å². The highest BCUT2D eigenvalue weighted by molar-refractivity contribution is 5.43. The minimum atomic E-state index is 0.407. The molecule has 2 rings (SSSR count). The van der Waals surface area contributed by atoms with Gasteiger partial charge in [0.05, 0.1) is 0 Å². The molecule has 0 saturated heterocycles. The molecule has 1 atom stereocenters. The second-order valence-corrected chi connectivity index (χ2v) is 5.51. The van der Waals surface area contributed by atoms with Crippen molar-refractivity contribution < 1.29 is 0 Å². The SMILES string of the molecule is CCC(C)Nc1cc(C)nc(NCc2ccc(C)cc2)n1. The van der Waals surface area contributed by atoms with Gasteiger partial charge in [0.2, 0.25) is 5.95 Å². The topological polar surface area (TPSA) is 49.8 Å². The molecule has 0 bridgehead atoms. The molecule has 0 spiro atoms. The van der Waals surface area contributed by atoms with Crippen LogP contribution in [0.2, 0.25) is 0 Å². The highest BCUT2D eigenvalue weighted by Crippen LogP contribution is 2.13. The van der Waals surface area contributed by atoms with Crippen molar-refractivity contribution >= 4 is 11.8 Å². The summed E-state index contributed by atoms with van der Waals surface area (Å²) < 4.78 is 0. The fourth-order valence-corrected chi connectivity index (χ4v) is 1.96. The third kappa shape index (κ3) is 4.74. The minimum absolute atomic E-state index is 0.407. The Morgan fingerprint density at radius 2 is 1.81 bits per heavy atom. The van der Waals surface area contributed by atoms with Gasteiger partial charge in [-0.1, -0.05) is 36.8 Å². The van der Waals surface area contributed by atoms with Gasteiger partial charge in [-0.15, -0.1) is 0 Å². The maximum absolute atomic E-state index is 4.52. The Balaban J connectivity index is 2.04. The summed E-state index contributed by atoms with van der Waals surface area (Å²) in [6.45, 7) is 9.11. The first-order valence-electron chi connectivity index (χ1n) is 7.48. The van der Waals surface area contributed by atoms with Crippen molar-refractivity contribution in [2.45, 2.75) is 46.7 Å². The Labute approximate surface area is 127 Å². The lowest BCUT2D eigenvalue weighted by atomic mass is 10.1. The minimum Gasteiger partial charge on any atom is -0.367 e. The molecule has 0 aliphatic rings. The van der Waals surface area contributed by atoms with Gasteiger partial charge in [0.25, 0.3) is 0 Å². The third-order valence-electron chi connectivity index (χ3n) is 3.43. The first-order chi connectivity index (χ1) is 10.1. The lowest BCUT2D eigenvalue weighted by Crippen LogP contribution is -2.15. The molecule has 21 heavy (non-hydrogen) atoms. The summed E-state index contributed by atoms with van der Waals surface area (Å²) >= 11 is 0. The van der Waals surface area contributed by atoms with Gasteiger partial charge in [0, 0.05) is 24.3 Å². The highest BCUT2D eigenvalue weighted by atomic mass is 15.1. The van der Waals surface area contributed by atoms with E-state index in [4.69, 9.17) is 0 Å². The van der Waals surface area contributed by atoms with E-state index in [-0.39, 0.29) is 0 Å². The van der Waals surface area contributed by atoms with Gasteiger partial charge < -0.3 is 10.6 Å². The Kier molecular flexibility index (Phi) is 5.14. The van der Waals surface area contributed by atoms with Crippen molar-refractivity contribution in [1.82, 2.24) is 9.97 Å². The molecule has 0 saturated carbocycles. The van der Waals surface area contributed by atoms with Crippen molar-refractivity contribution in [1.29, 1.82) is 0 Å². The summed E-state index contributed by atoms with van der Waals surface area (Å²) in [5, 5.41) is 6.68. The molecule has 4 heteroatoms. The van der Waals surface area contributed by atoms with Crippen LogP contribution in [-0.2, 0) is 6.54 Å². The standard InChI is InChI=1S/C17H24N4/c1-5-13(3)19-16-10-14(4)20-17(21-16)18-11-15-8-6-12(2)7-9-15/h6-10,13H,5,11H2,1-4H3,(H2,18,19,20,21). The molecule has 1 aromatic carbocycles. The maximum Gasteiger partial charge on any atom is 0.225 e. The van der Waals surface area contributed by atoms with Gasteiger partial charge >= 0.3 is 0 Å². The van der Waals surface area contributed by atoms with E-state index in [0.29, 0.717) is 12.0 Å². The van der Waals surface area contributed by atoms with E-state index in [1.54, 1.807) is 0 Å². The van der Waals surface area contributed by atoms with Crippen molar-refractivity contribution in [2.75, 3.05) is 10.6 Å². The first kappa shape index (κ1) is 15.3. The fraction of sp³-hybridized carbons (Fsp3) is 0.412. The van der Waals surface area contributed by atoms with Gasteiger partial charge in [0.15, 0.2) is 0 Å². The second kappa shape index (κ2) is 7.07. The molecule has 0 radical (unpaired) electrons. The zero-order valence-corrected chi connectivity index (χ0v) is 13.3. The number of benzene rings is 1. The lowest BCUT2D eigenvalue weighted by molar-refractivity contribution is 0.758. The number of hydrogen-bond acceptors (Lipinski definition) is 4. The van der Waals surface area contributed by atoms with E-state index in [1.165, 1.54) is 11.1 Å². The van der Waals surface area contributed by atoms with Crippen molar-refractivity contribution in [3.05, 3.63) is 47.2 Å². The molecule has 2 N–H and O–H groups in total. The zero-order chi connectivity index (χ0) is 15.2. The zero-order valence-electron chi connectivity index (χ0n) is 13.3. The van der Waals surface area contributed by atoms with Crippen LogP contribution in [0.15, 0.2) is 30.3 Å². The molecule has 0 aliphatic heterocycles. The predicted molar refractivity (Wildman–Crippen MR) is 88.7 cm³/mol. The van der Waals surface area contributed by atoms with Gasteiger partial charge in [-0.3, -0.25) is 0 Å². The van der Waals surface area contributed by atoms with Crippen LogP contribution in [0.3, 0.4) is 0 Å². The van der Waals surface area contributed by atoms with Gasteiger partial charge in [-0.25, -0.2) is 4.98 Å². The van der Waals surface area contributed by atoms with Gasteiger partial charge in [0.1, 0.15) is 5.82 Å². The molecule has 1 aromatic heterocycles. The molecule has 1 heterocycles. The van der Waals surface area contributed by atoms with E-state index in [0.717, 1.165) is 24.5 Å². The van der Waals surface area contributed by atoms with Gasteiger partial charge in [-0.2, -0.15) is 4.98 Å². The normalized spacial score (nSPS) is 12.0. The van der Waals surface area contributed by atoms with Crippen LogP contribution in [0.1, 0.15) is 37.1 Å². The van der Waals surface area contributed by atoms with E-state index in [2.05, 4.69) is 65.6 Å². The Bertz CT molecular complexity index is 578. The van der Waals surface area contributed by atoms with Crippen molar-refractivity contribution in [2.24, 2.45) is 0 Å². The van der Waals surface area contributed by atoms with Crippen LogP contribution < -0.4 is 10.6 Å². The molecular formula is C17H24N4. The monoisotopic (exact) mass is 284 g/mol. The number of nitrogens with one attached hydrogen (secondary N) is 2. The summed E-state index contributed by atoms with van der Waals surface area (Å²) in [5.41, 5.74) is 3.45. The molecule has 2 aromatic rings. The van der Waals surface area contributed by atoms with Crippen molar-refractivity contribution in [3.8, 4) is 0 Å². The summed E-state index contributed by atoms with van der Waals surface area (Å²) in [5.74, 6) is 1.55. The first-order valence-corrected chi connectivity index (χ1v) is 7.48. The highest BCUT2D eigenvalue weighted by Gasteiger charge is 2.04. The Morgan fingerprint density at radius 1 is 1.10 bits per heavy atom. The quantitative estimate of drug-likeness (QED) is 0.844. The lowest BCUT2D eigenvalue weighted by Gasteiger charge is -2.14. The van der Waals surface area contributed by atoms with E-state index >= 15 is 0 Å². The van der Waals surface area contributed by atoms with E-state index in [1.807, 2.05) is 13.0 Å².